The van der Waals surface area contributed by atoms with Crippen LogP contribution in [-0.2, 0) is 4.79 Å². The number of hydrogen-bond acceptors (Lipinski definition) is 2. The summed E-state index contributed by atoms with van der Waals surface area (Å²) in [5.41, 5.74) is 5.41. The second-order valence-corrected chi connectivity index (χ2v) is 2.31. The van der Waals surface area contributed by atoms with E-state index in [0.29, 0.717) is 13.0 Å². The van der Waals surface area contributed by atoms with Gasteiger partial charge in [0, 0.05) is 13.0 Å². The molecule has 0 saturated heterocycles. The molecule has 11 heavy (non-hydrogen) atoms. The van der Waals surface area contributed by atoms with Crippen LogP contribution in [0.25, 0.3) is 0 Å². The summed E-state index contributed by atoms with van der Waals surface area (Å²) < 4.78 is 0. The minimum Gasteiger partial charge on any atom is -0.355 e. The van der Waals surface area contributed by atoms with Crippen LogP contribution in [0, 0.1) is 12.3 Å². The molecule has 62 valence electrons. The van der Waals surface area contributed by atoms with Gasteiger partial charge in [0.2, 0.25) is 5.91 Å². The minimum absolute atomic E-state index is 0.162. The molecule has 1 atom stereocenters. The lowest BCUT2D eigenvalue weighted by Crippen LogP contribution is -2.40. The van der Waals surface area contributed by atoms with Crippen molar-refractivity contribution >= 4 is 5.91 Å². The number of amides is 1. The highest BCUT2D eigenvalue weighted by Gasteiger charge is 2.09. The van der Waals surface area contributed by atoms with Crippen LogP contribution in [0.15, 0.2) is 0 Å². The van der Waals surface area contributed by atoms with E-state index in [9.17, 15) is 4.79 Å². The molecule has 0 fully saturated rings. The monoisotopic (exact) mass is 154 g/mol. The van der Waals surface area contributed by atoms with Crippen LogP contribution in [0.5, 0.6) is 0 Å². The van der Waals surface area contributed by atoms with Gasteiger partial charge in [0.25, 0.3) is 0 Å². The van der Waals surface area contributed by atoms with E-state index in [1.54, 1.807) is 0 Å². The van der Waals surface area contributed by atoms with Crippen LogP contribution in [0.2, 0.25) is 0 Å². The summed E-state index contributed by atoms with van der Waals surface area (Å²) in [5, 5.41) is 2.66. The van der Waals surface area contributed by atoms with Crippen LogP contribution in [0.1, 0.15) is 19.8 Å². The number of hydrogen-bond donors (Lipinski definition) is 2. The second kappa shape index (κ2) is 5.75. The van der Waals surface area contributed by atoms with E-state index >= 15 is 0 Å². The van der Waals surface area contributed by atoms with Gasteiger partial charge in [-0.15, -0.1) is 12.3 Å². The fraction of sp³-hybridized carbons (Fsp3) is 0.625. The van der Waals surface area contributed by atoms with Gasteiger partial charge in [-0.1, -0.05) is 6.92 Å². The van der Waals surface area contributed by atoms with Crippen molar-refractivity contribution in [3.8, 4) is 12.3 Å². The van der Waals surface area contributed by atoms with Crippen molar-refractivity contribution in [1.82, 2.24) is 5.32 Å². The molecule has 0 aliphatic rings. The van der Waals surface area contributed by atoms with Crippen molar-refractivity contribution in [2.45, 2.75) is 25.8 Å². The molecule has 1 amide bonds. The van der Waals surface area contributed by atoms with Crippen LogP contribution < -0.4 is 11.1 Å². The zero-order chi connectivity index (χ0) is 8.69. The van der Waals surface area contributed by atoms with Crippen molar-refractivity contribution in [3.05, 3.63) is 0 Å². The summed E-state index contributed by atoms with van der Waals surface area (Å²) in [4.78, 5) is 11.0. The van der Waals surface area contributed by atoms with E-state index in [0.717, 1.165) is 6.42 Å². The first-order valence-corrected chi connectivity index (χ1v) is 3.69. The standard InChI is InChI=1S/C8H14N2O/c1-3-5-7(9)8(11)10-6-4-2/h1,7H,4-6,9H2,2H3,(H,10,11)/t7-/m0/s1. The topological polar surface area (TPSA) is 55.1 Å². The summed E-state index contributed by atoms with van der Waals surface area (Å²) in [6, 6.07) is -0.549. The molecule has 3 heteroatoms. The molecule has 0 aliphatic carbocycles. The maximum atomic E-state index is 11.0. The Morgan fingerprint density at radius 3 is 2.91 bits per heavy atom. The van der Waals surface area contributed by atoms with E-state index in [4.69, 9.17) is 12.2 Å². The third kappa shape index (κ3) is 4.40. The predicted molar refractivity (Wildman–Crippen MR) is 44.7 cm³/mol. The maximum absolute atomic E-state index is 11.0. The lowest BCUT2D eigenvalue weighted by atomic mass is 10.2. The summed E-state index contributed by atoms with van der Waals surface area (Å²) in [6.07, 6.45) is 6.20. The molecule has 3 N–H and O–H groups in total. The van der Waals surface area contributed by atoms with Gasteiger partial charge in [-0.3, -0.25) is 4.79 Å². The average molecular weight is 154 g/mol. The first-order valence-electron chi connectivity index (χ1n) is 3.69. The molecule has 0 aromatic rings. The molecule has 0 bridgehead atoms. The molecule has 0 aromatic heterocycles. The third-order valence-electron chi connectivity index (χ3n) is 1.22. The van der Waals surface area contributed by atoms with Gasteiger partial charge in [-0.25, -0.2) is 0 Å². The SMILES string of the molecule is C#CC[C@H](N)C(=O)NCCC. The fourth-order valence-electron chi connectivity index (χ4n) is 0.599. The Hall–Kier alpha value is -1.01. The van der Waals surface area contributed by atoms with Crippen LogP contribution >= 0.6 is 0 Å². The van der Waals surface area contributed by atoms with Crippen LogP contribution in [-0.4, -0.2) is 18.5 Å². The molecular weight excluding hydrogens is 140 g/mol. The highest BCUT2D eigenvalue weighted by molar-refractivity contribution is 5.81. The number of carbonyl (C=O) groups excluding carboxylic acids is 1. The van der Waals surface area contributed by atoms with Crippen molar-refractivity contribution in [2.24, 2.45) is 5.73 Å². The van der Waals surface area contributed by atoms with Crippen molar-refractivity contribution in [2.75, 3.05) is 6.54 Å². The second-order valence-electron chi connectivity index (χ2n) is 2.31. The number of terminal acetylenes is 1. The third-order valence-corrected chi connectivity index (χ3v) is 1.22. The number of carbonyl (C=O) groups is 1. The fourth-order valence-corrected chi connectivity index (χ4v) is 0.599. The normalized spacial score (nSPS) is 11.7. The Balaban J connectivity index is 3.57. The molecule has 0 aliphatic heterocycles. The summed E-state index contributed by atoms with van der Waals surface area (Å²) >= 11 is 0. The predicted octanol–water partition coefficient (Wildman–Crippen LogP) is -0.137. The number of nitrogens with two attached hydrogens (primary N) is 1. The molecule has 0 radical (unpaired) electrons. The van der Waals surface area contributed by atoms with E-state index in [-0.39, 0.29) is 5.91 Å². The highest BCUT2D eigenvalue weighted by Crippen LogP contribution is 1.85. The zero-order valence-corrected chi connectivity index (χ0v) is 6.76. The lowest BCUT2D eigenvalue weighted by molar-refractivity contribution is -0.122. The van der Waals surface area contributed by atoms with Gasteiger partial charge < -0.3 is 11.1 Å². The Morgan fingerprint density at radius 2 is 2.45 bits per heavy atom. The number of nitrogens with one attached hydrogen (secondary N) is 1. The smallest absolute Gasteiger partial charge is 0.237 e. The Bertz CT molecular complexity index is 160. The molecule has 0 saturated carbocycles. The summed E-state index contributed by atoms with van der Waals surface area (Å²) in [6.45, 7) is 2.64. The van der Waals surface area contributed by atoms with E-state index in [1.165, 1.54) is 0 Å². The van der Waals surface area contributed by atoms with E-state index in [1.807, 2.05) is 6.92 Å². The van der Waals surface area contributed by atoms with Crippen LogP contribution in [0.3, 0.4) is 0 Å². The molecule has 3 nitrogen and oxygen atoms in total. The van der Waals surface area contributed by atoms with Gasteiger partial charge >= 0.3 is 0 Å². The average Bonchev–Trinajstić information content (AvgIpc) is 2.00. The van der Waals surface area contributed by atoms with Gasteiger partial charge in [0.05, 0.1) is 6.04 Å². The van der Waals surface area contributed by atoms with E-state index in [2.05, 4.69) is 11.2 Å². The molecular formula is C8H14N2O. The first kappa shape index (κ1) is 9.99. The summed E-state index contributed by atoms with van der Waals surface area (Å²) in [5.74, 6) is 2.18. The van der Waals surface area contributed by atoms with Crippen molar-refractivity contribution < 1.29 is 4.79 Å². The van der Waals surface area contributed by atoms with E-state index < -0.39 is 6.04 Å². The van der Waals surface area contributed by atoms with Gasteiger partial charge in [-0.2, -0.15) is 0 Å². The number of rotatable bonds is 4. The molecule has 0 heterocycles. The van der Waals surface area contributed by atoms with Crippen molar-refractivity contribution in [1.29, 1.82) is 0 Å². The minimum atomic E-state index is -0.549. The maximum Gasteiger partial charge on any atom is 0.237 e. The first-order chi connectivity index (χ1) is 5.22. The Kier molecular flexibility index (Phi) is 5.22. The Labute approximate surface area is 67.3 Å². The van der Waals surface area contributed by atoms with Crippen LogP contribution in [0.4, 0.5) is 0 Å². The van der Waals surface area contributed by atoms with Gasteiger partial charge in [-0.05, 0) is 6.42 Å². The van der Waals surface area contributed by atoms with Crippen molar-refractivity contribution in [3.63, 3.8) is 0 Å². The van der Waals surface area contributed by atoms with Gasteiger partial charge in [0.1, 0.15) is 0 Å². The largest absolute Gasteiger partial charge is 0.355 e. The van der Waals surface area contributed by atoms with Gasteiger partial charge in [0.15, 0.2) is 0 Å². The Morgan fingerprint density at radius 1 is 1.82 bits per heavy atom. The molecule has 0 unspecified atom stereocenters. The quantitative estimate of drug-likeness (QED) is 0.554. The lowest BCUT2D eigenvalue weighted by Gasteiger charge is -2.07. The molecule has 0 aromatic carbocycles. The zero-order valence-electron chi connectivity index (χ0n) is 6.76. The summed E-state index contributed by atoms with van der Waals surface area (Å²) in [7, 11) is 0. The molecule has 0 spiro atoms. The molecule has 0 rings (SSSR count). The highest BCUT2D eigenvalue weighted by atomic mass is 16.2.